The summed E-state index contributed by atoms with van der Waals surface area (Å²) in [6.07, 6.45) is 0.844. The Morgan fingerprint density at radius 2 is 1.83 bits per heavy atom. The van der Waals surface area contributed by atoms with Crippen LogP contribution in [-0.2, 0) is 13.0 Å². The fourth-order valence-corrected chi connectivity index (χ4v) is 5.47. The largest absolute Gasteiger partial charge is 0.304 e. The normalized spacial score (nSPS) is 20.1. The smallest absolute Gasteiger partial charge is 0.151 e. The van der Waals surface area contributed by atoms with E-state index in [0.29, 0.717) is 5.25 Å². The van der Waals surface area contributed by atoms with Crippen LogP contribution < -0.4 is 0 Å². The van der Waals surface area contributed by atoms with Crippen molar-refractivity contribution < 1.29 is 0 Å². The van der Waals surface area contributed by atoms with Gasteiger partial charge in [-0.1, -0.05) is 41.9 Å². The summed E-state index contributed by atoms with van der Waals surface area (Å²) in [5.74, 6) is 2.01. The lowest BCUT2D eigenvalue weighted by Gasteiger charge is -2.32. The zero-order valence-electron chi connectivity index (χ0n) is 16.5. The summed E-state index contributed by atoms with van der Waals surface area (Å²) in [5, 5.41) is 10.3. The van der Waals surface area contributed by atoms with Gasteiger partial charge < -0.3 is 4.90 Å². The molecule has 1 aromatic heterocycles. The van der Waals surface area contributed by atoms with Gasteiger partial charge in [0.25, 0.3) is 0 Å². The summed E-state index contributed by atoms with van der Waals surface area (Å²) in [6.45, 7) is 5.11. The van der Waals surface area contributed by atoms with Crippen LogP contribution >= 0.6 is 23.4 Å². The summed E-state index contributed by atoms with van der Waals surface area (Å²) in [6, 6.07) is 16.8. The number of likely N-dealkylation sites (N-methyl/N-ethyl adjacent to an activating group) is 1. The van der Waals surface area contributed by atoms with Crippen molar-refractivity contribution in [1.29, 1.82) is 0 Å². The Morgan fingerprint density at radius 3 is 2.62 bits per heavy atom. The highest BCUT2D eigenvalue weighted by Gasteiger charge is 2.28. The molecule has 0 amide bonds. The van der Waals surface area contributed by atoms with E-state index in [9.17, 15) is 0 Å². The molecule has 0 radical (unpaired) electrons. The maximum atomic E-state index is 6.40. The van der Waals surface area contributed by atoms with Crippen LogP contribution in [0.25, 0.3) is 5.69 Å². The molecule has 1 atom stereocenters. The number of thioether (sulfide) groups is 1. The number of aromatic nitrogens is 3. The molecule has 3 heterocycles. The molecule has 5 nitrogen and oxygen atoms in total. The van der Waals surface area contributed by atoms with E-state index in [1.54, 1.807) is 0 Å². The SMILES string of the molecule is CN1CCN(Cc2nnc3n2-c2cc(Cl)ccc2SC(c2ccccc2)C3)CC1. The molecule has 0 saturated carbocycles. The molecule has 0 bridgehead atoms. The zero-order valence-corrected chi connectivity index (χ0v) is 18.0. The first-order chi connectivity index (χ1) is 14.2. The van der Waals surface area contributed by atoms with Crippen LogP contribution in [0.5, 0.6) is 0 Å². The summed E-state index contributed by atoms with van der Waals surface area (Å²) in [7, 11) is 2.18. The predicted molar refractivity (Wildman–Crippen MR) is 118 cm³/mol. The van der Waals surface area contributed by atoms with Gasteiger partial charge >= 0.3 is 0 Å². The minimum absolute atomic E-state index is 0.304. The van der Waals surface area contributed by atoms with Gasteiger partial charge in [0.2, 0.25) is 0 Å². The molecule has 0 aliphatic carbocycles. The van der Waals surface area contributed by atoms with Crippen LogP contribution in [0.15, 0.2) is 53.4 Å². The van der Waals surface area contributed by atoms with Crippen LogP contribution in [0.2, 0.25) is 5.02 Å². The maximum Gasteiger partial charge on any atom is 0.151 e. The summed E-state index contributed by atoms with van der Waals surface area (Å²) in [4.78, 5) is 6.06. The van der Waals surface area contributed by atoms with E-state index in [0.717, 1.165) is 61.5 Å². The quantitative estimate of drug-likeness (QED) is 0.632. The molecule has 2 aromatic carbocycles. The topological polar surface area (TPSA) is 37.2 Å². The Bertz CT molecular complexity index is 998. The third-order valence-corrected chi connectivity index (χ3v) is 7.29. The number of rotatable bonds is 3. The van der Waals surface area contributed by atoms with Crippen molar-refractivity contribution in [2.24, 2.45) is 0 Å². The monoisotopic (exact) mass is 425 g/mol. The lowest BCUT2D eigenvalue weighted by atomic mass is 10.1. The average Bonchev–Trinajstić information content (AvgIpc) is 3.04. The first kappa shape index (κ1) is 19.1. The van der Waals surface area contributed by atoms with Crippen LogP contribution in [0.4, 0.5) is 0 Å². The molecule has 5 rings (SSSR count). The average molecular weight is 426 g/mol. The third-order valence-electron chi connectivity index (χ3n) is 5.73. The molecule has 0 spiro atoms. The first-order valence-electron chi connectivity index (χ1n) is 10.0. The van der Waals surface area contributed by atoms with E-state index in [-0.39, 0.29) is 0 Å². The number of nitrogens with zero attached hydrogens (tertiary/aromatic N) is 5. The van der Waals surface area contributed by atoms with E-state index < -0.39 is 0 Å². The van der Waals surface area contributed by atoms with Gasteiger partial charge in [0.1, 0.15) is 5.82 Å². The number of hydrogen-bond donors (Lipinski definition) is 0. The fraction of sp³-hybridized carbons (Fsp3) is 0.364. The Hall–Kier alpha value is -1.86. The molecule has 3 aromatic rings. The molecular weight excluding hydrogens is 402 g/mol. The summed E-state index contributed by atoms with van der Waals surface area (Å²) >= 11 is 8.29. The third kappa shape index (κ3) is 3.94. The van der Waals surface area contributed by atoms with Crippen LogP contribution in [-0.4, -0.2) is 57.8 Å². The van der Waals surface area contributed by atoms with Gasteiger partial charge in [-0.3, -0.25) is 9.47 Å². The molecular formula is C22H24ClN5S. The van der Waals surface area contributed by atoms with Crippen LogP contribution in [0, 0.1) is 0 Å². The lowest BCUT2D eigenvalue weighted by molar-refractivity contribution is 0.145. The van der Waals surface area contributed by atoms with Gasteiger partial charge in [-0.2, -0.15) is 0 Å². The van der Waals surface area contributed by atoms with E-state index >= 15 is 0 Å². The highest BCUT2D eigenvalue weighted by Crippen LogP contribution is 2.44. The number of benzene rings is 2. The van der Waals surface area contributed by atoms with Gasteiger partial charge in [0.05, 0.1) is 12.2 Å². The molecule has 29 heavy (non-hydrogen) atoms. The Balaban J connectivity index is 1.53. The predicted octanol–water partition coefficient (Wildman–Crippen LogP) is 4.06. The van der Waals surface area contributed by atoms with Crippen molar-refractivity contribution in [1.82, 2.24) is 24.6 Å². The molecule has 2 aliphatic rings. The zero-order chi connectivity index (χ0) is 19.8. The molecule has 1 unspecified atom stereocenters. The number of hydrogen-bond acceptors (Lipinski definition) is 5. The summed E-state index contributed by atoms with van der Waals surface area (Å²) in [5.41, 5.74) is 2.42. The van der Waals surface area contributed by atoms with Gasteiger partial charge in [0, 0.05) is 47.8 Å². The minimum atomic E-state index is 0.304. The van der Waals surface area contributed by atoms with Crippen molar-refractivity contribution in [3.63, 3.8) is 0 Å². The highest BCUT2D eigenvalue weighted by atomic mass is 35.5. The van der Waals surface area contributed by atoms with E-state index in [2.05, 4.69) is 74.1 Å². The molecule has 2 aliphatic heterocycles. The second kappa shape index (κ2) is 8.11. The van der Waals surface area contributed by atoms with E-state index in [4.69, 9.17) is 11.6 Å². The number of fused-ring (bicyclic) bond motifs is 3. The Kier molecular flexibility index (Phi) is 5.35. The Labute approximate surface area is 180 Å². The molecule has 1 fully saturated rings. The summed E-state index contributed by atoms with van der Waals surface area (Å²) < 4.78 is 2.25. The van der Waals surface area contributed by atoms with Crippen LogP contribution in [0.1, 0.15) is 22.5 Å². The van der Waals surface area contributed by atoms with E-state index in [1.165, 1.54) is 10.5 Å². The standard InChI is InChI=1S/C22H24ClN5S/c1-26-9-11-27(12-10-26)15-22-25-24-21-14-20(16-5-3-2-4-6-16)29-19-8-7-17(23)13-18(19)28(21)22/h2-8,13,20H,9-12,14-15H2,1H3. The van der Waals surface area contributed by atoms with Gasteiger partial charge in [-0.05, 0) is 30.8 Å². The van der Waals surface area contributed by atoms with Crippen LogP contribution in [0.3, 0.4) is 0 Å². The van der Waals surface area contributed by atoms with Gasteiger partial charge in [-0.25, -0.2) is 0 Å². The second-order valence-electron chi connectivity index (χ2n) is 7.78. The molecule has 1 saturated heterocycles. The van der Waals surface area contributed by atoms with Crippen molar-refractivity contribution in [3.05, 3.63) is 70.8 Å². The maximum absolute atomic E-state index is 6.40. The van der Waals surface area contributed by atoms with Crippen molar-refractivity contribution in [2.75, 3.05) is 33.2 Å². The Morgan fingerprint density at radius 1 is 1.03 bits per heavy atom. The fourth-order valence-electron chi connectivity index (χ4n) is 4.05. The highest BCUT2D eigenvalue weighted by molar-refractivity contribution is 7.99. The number of piperazine rings is 1. The van der Waals surface area contributed by atoms with Gasteiger partial charge in [0.15, 0.2) is 5.82 Å². The number of halogens is 1. The van der Waals surface area contributed by atoms with Crippen molar-refractivity contribution >= 4 is 23.4 Å². The lowest BCUT2D eigenvalue weighted by Crippen LogP contribution is -2.44. The van der Waals surface area contributed by atoms with Gasteiger partial charge in [-0.15, -0.1) is 22.0 Å². The molecule has 7 heteroatoms. The second-order valence-corrected chi connectivity index (χ2v) is 9.46. The van der Waals surface area contributed by atoms with Crippen molar-refractivity contribution in [2.45, 2.75) is 23.1 Å². The van der Waals surface area contributed by atoms with Crippen molar-refractivity contribution in [3.8, 4) is 5.69 Å². The molecule has 150 valence electrons. The molecule has 0 N–H and O–H groups in total. The first-order valence-corrected chi connectivity index (χ1v) is 11.3. The minimum Gasteiger partial charge on any atom is -0.304 e. The van der Waals surface area contributed by atoms with E-state index in [1.807, 2.05) is 17.8 Å².